The Kier molecular flexibility index (Phi) is 11.0. The molecule has 2 N–H and O–H groups in total. The van der Waals surface area contributed by atoms with E-state index >= 15 is 0 Å². The van der Waals surface area contributed by atoms with E-state index in [1.807, 2.05) is 48.5 Å². The minimum Gasteiger partial charge on any atom is -0.273 e. The first-order valence-corrected chi connectivity index (χ1v) is 11.3. The van der Waals surface area contributed by atoms with Crippen molar-refractivity contribution < 1.29 is 9.59 Å². The molecular weight excluding hydrogens is 512 g/mol. The van der Waals surface area contributed by atoms with Gasteiger partial charge in [-0.2, -0.15) is 10.2 Å². The molecule has 2 aromatic carbocycles. The van der Waals surface area contributed by atoms with E-state index in [1.165, 1.54) is 0 Å². The Morgan fingerprint density at radius 3 is 1.57 bits per heavy atom. The quantitative estimate of drug-likeness (QED) is 0.237. The average Bonchev–Trinajstić information content (AvgIpc) is 2.71. The highest BCUT2D eigenvalue weighted by molar-refractivity contribution is 9.10. The Morgan fingerprint density at radius 2 is 1.17 bits per heavy atom. The molecule has 0 aliphatic heterocycles. The zero-order chi connectivity index (χ0) is 21.6. The maximum absolute atomic E-state index is 11.8. The largest absolute Gasteiger partial charge is 0.273 e. The summed E-state index contributed by atoms with van der Waals surface area (Å²) in [5.41, 5.74) is 6.88. The number of rotatable bonds is 11. The first-order chi connectivity index (χ1) is 14.5. The molecule has 2 rings (SSSR count). The molecule has 0 aromatic heterocycles. The minimum absolute atomic E-state index is 0.110. The van der Waals surface area contributed by atoms with Crippen LogP contribution in [0.5, 0.6) is 0 Å². The fraction of sp³-hybridized carbons (Fsp3) is 0.273. The van der Waals surface area contributed by atoms with Gasteiger partial charge in [0, 0.05) is 21.8 Å². The fourth-order valence-electron chi connectivity index (χ4n) is 2.57. The van der Waals surface area contributed by atoms with Crippen LogP contribution in [0.4, 0.5) is 0 Å². The zero-order valence-corrected chi connectivity index (χ0v) is 19.7. The van der Waals surface area contributed by atoms with Gasteiger partial charge in [0.2, 0.25) is 11.8 Å². The summed E-state index contributed by atoms with van der Waals surface area (Å²) in [6.07, 6.45) is 7.36. The summed E-state index contributed by atoms with van der Waals surface area (Å²) in [6, 6.07) is 15.3. The molecule has 158 valence electrons. The summed E-state index contributed by atoms with van der Waals surface area (Å²) >= 11 is 6.78. The highest BCUT2D eigenvalue weighted by Gasteiger charge is 2.02. The fourth-order valence-corrected chi connectivity index (χ4v) is 3.40. The monoisotopic (exact) mass is 534 g/mol. The van der Waals surface area contributed by atoms with Gasteiger partial charge in [-0.15, -0.1) is 0 Å². The first-order valence-electron chi connectivity index (χ1n) is 9.68. The third kappa shape index (κ3) is 10.5. The van der Waals surface area contributed by atoms with Gasteiger partial charge in [0.25, 0.3) is 0 Å². The van der Waals surface area contributed by atoms with E-state index in [-0.39, 0.29) is 11.8 Å². The number of carbonyl (C=O) groups excluding carboxylic acids is 2. The smallest absolute Gasteiger partial charge is 0.240 e. The maximum atomic E-state index is 11.8. The lowest BCUT2D eigenvalue weighted by molar-refractivity contribution is -0.122. The van der Waals surface area contributed by atoms with Crippen molar-refractivity contribution in [2.24, 2.45) is 10.2 Å². The van der Waals surface area contributed by atoms with Crippen LogP contribution in [0, 0.1) is 0 Å². The number of nitrogens with one attached hydrogen (secondary N) is 2. The molecule has 0 fully saturated rings. The SMILES string of the molecule is O=C(CCCCCCC(=O)NN=Cc1cccc(Br)c1)NN=Cc1cccc(Br)c1. The Balaban J connectivity index is 1.50. The van der Waals surface area contributed by atoms with Crippen LogP contribution in [-0.4, -0.2) is 24.2 Å². The van der Waals surface area contributed by atoms with Crippen molar-refractivity contribution in [3.05, 3.63) is 68.6 Å². The number of hydrogen-bond donors (Lipinski definition) is 2. The number of halogens is 2. The van der Waals surface area contributed by atoms with Gasteiger partial charge in [0.05, 0.1) is 12.4 Å². The number of hydrogen-bond acceptors (Lipinski definition) is 4. The number of amides is 2. The predicted octanol–water partition coefficient (Wildman–Crippen LogP) is 5.15. The van der Waals surface area contributed by atoms with Crippen molar-refractivity contribution in [1.82, 2.24) is 10.9 Å². The first kappa shape index (κ1) is 24.0. The average molecular weight is 536 g/mol. The van der Waals surface area contributed by atoms with Crippen molar-refractivity contribution in [2.75, 3.05) is 0 Å². The molecule has 0 aliphatic carbocycles. The Labute approximate surface area is 193 Å². The normalized spacial score (nSPS) is 11.1. The summed E-state index contributed by atoms with van der Waals surface area (Å²) < 4.78 is 1.92. The summed E-state index contributed by atoms with van der Waals surface area (Å²) in [6.45, 7) is 0. The van der Waals surface area contributed by atoms with E-state index < -0.39 is 0 Å². The van der Waals surface area contributed by atoms with Crippen LogP contribution in [0.2, 0.25) is 0 Å². The lowest BCUT2D eigenvalue weighted by Gasteiger charge is -2.02. The third-order valence-electron chi connectivity index (χ3n) is 4.06. The van der Waals surface area contributed by atoms with Crippen LogP contribution in [0.15, 0.2) is 67.7 Å². The van der Waals surface area contributed by atoms with Gasteiger partial charge >= 0.3 is 0 Å². The molecule has 0 heterocycles. The third-order valence-corrected chi connectivity index (χ3v) is 5.05. The molecule has 0 saturated heterocycles. The van der Waals surface area contributed by atoms with E-state index in [0.29, 0.717) is 12.8 Å². The van der Waals surface area contributed by atoms with Crippen LogP contribution < -0.4 is 10.9 Å². The molecule has 0 radical (unpaired) electrons. The lowest BCUT2D eigenvalue weighted by atomic mass is 10.1. The Bertz CT molecular complexity index is 827. The van der Waals surface area contributed by atoms with E-state index in [1.54, 1.807) is 12.4 Å². The van der Waals surface area contributed by atoms with Crippen LogP contribution in [0.25, 0.3) is 0 Å². The van der Waals surface area contributed by atoms with E-state index in [2.05, 4.69) is 52.9 Å². The molecule has 0 aliphatic rings. The molecular formula is C22H24Br2N4O2. The van der Waals surface area contributed by atoms with Crippen molar-refractivity contribution in [3.63, 3.8) is 0 Å². The molecule has 2 amide bonds. The number of carbonyl (C=O) groups is 2. The van der Waals surface area contributed by atoms with Crippen LogP contribution in [-0.2, 0) is 9.59 Å². The second-order valence-electron chi connectivity index (χ2n) is 6.61. The topological polar surface area (TPSA) is 82.9 Å². The van der Waals surface area contributed by atoms with Gasteiger partial charge in [-0.3, -0.25) is 9.59 Å². The molecule has 30 heavy (non-hydrogen) atoms. The van der Waals surface area contributed by atoms with Gasteiger partial charge in [-0.05, 0) is 48.2 Å². The highest BCUT2D eigenvalue weighted by atomic mass is 79.9. The number of hydrazone groups is 2. The van der Waals surface area contributed by atoms with Gasteiger partial charge in [-0.25, -0.2) is 10.9 Å². The molecule has 0 bridgehead atoms. The van der Waals surface area contributed by atoms with Crippen LogP contribution in [0.1, 0.15) is 49.7 Å². The Hall–Kier alpha value is -2.32. The van der Waals surface area contributed by atoms with Crippen LogP contribution in [0.3, 0.4) is 0 Å². The minimum atomic E-state index is -0.110. The van der Waals surface area contributed by atoms with Gasteiger partial charge < -0.3 is 0 Å². The summed E-state index contributed by atoms with van der Waals surface area (Å²) in [5, 5.41) is 7.92. The number of benzene rings is 2. The second-order valence-corrected chi connectivity index (χ2v) is 8.44. The van der Waals surface area contributed by atoms with Crippen molar-refractivity contribution in [2.45, 2.75) is 38.5 Å². The van der Waals surface area contributed by atoms with E-state index in [0.717, 1.165) is 45.8 Å². The summed E-state index contributed by atoms with van der Waals surface area (Å²) in [4.78, 5) is 23.6. The lowest BCUT2D eigenvalue weighted by Crippen LogP contribution is -2.17. The molecule has 8 heteroatoms. The van der Waals surface area contributed by atoms with E-state index in [9.17, 15) is 9.59 Å². The molecule has 0 saturated carbocycles. The van der Waals surface area contributed by atoms with Gasteiger partial charge in [0.1, 0.15) is 0 Å². The van der Waals surface area contributed by atoms with Crippen molar-refractivity contribution in [1.29, 1.82) is 0 Å². The predicted molar refractivity (Wildman–Crippen MR) is 127 cm³/mol. The molecule has 6 nitrogen and oxygen atoms in total. The summed E-state index contributed by atoms with van der Waals surface area (Å²) in [5.74, 6) is -0.221. The number of unbranched alkanes of at least 4 members (excludes halogenated alkanes) is 3. The molecule has 0 atom stereocenters. The van der Waals surface area contributed by atoms with Crippen LogP contribution >= 0.6 is 31.9 Å². The van der Waals surface area contributed by atoms with Crippen molar-refractivity contribution in [3.8, 4) is 0 Å². The maximum Gasteiger partial charge on any atom is 0.240 e. The van der Waals surface area contributed by atoms with Crippen molar-refractivity contribution >= 4 is 56.1 Å². The highest BCUT2D eigenvalue weighted by Crippen LogP contribution is 2.11. The summed E-state index contributed by atoms with van der Waals surface area (Å²) in [7, 11) is 0. The Morgan fingerprint density at radius 1 is 0.733 bits per heavy atom. The van der Waals surface area contributed by atoms with Gasteiger partial charge in [0.15, 0.2) is 0 Å². The molecule has 2 aromatic rings. The second kappa shape index (κ2) is 13.8. The molecule has 0 spiro atoms. The number of nitrogens with zero attached hydrogens (tertiary/aromatic N) is 2. The standard InChI is InChI=1S/C22H24Br2N4O2/c23-19-9-5-7-17(13-19)15-25-27-21(29)11-3-1-2-4-12-22(30)28-26-16-18-8-6-10-20(24)14-18/h5-10,13-16H,1-4,11-12H2,(H,27,29)(H,28,30). The van der Waals surface area contributed by atoms with E-state index in [4.69, 9.17) is 0 Å². The van der Waals surface area contributed by atoms with Gasteiger partial charge in [-0.1, -0.05) is 69.0 Å². The molecule has 0 unspecified atom stereocenters. The zero-order valence-electron chi connectivity index (χ0n) is 16.5.